The molecule has 0 bridgehead atoms. The van der Waals surface area contributed by atoms with Crippen LogP contribution in [0, 0.1) is 6.92 Å². The number of carboxylic acids is 1. The molecule has 0 aromatic carbocycles. The van der Waals surface area contributed by atoms with Crippen molar-refractivity contribution in [3.63, 3.8) is 0 Å². The van der Waals surface area contributed by atoms with E-state index in [9.17, 15) is 13.2 Å². The Kier molecular flexibility index (Phi) is 4.50. The molecule has 2 rings (SSSR count). The van der Waals surface area contributed by atoms with Crippen molar-refractivity contribution in [3.8, 4) is 0 Å². The van der Waals surface area contributed by atoms with Crippen LogP contribution in [0.25, 0.3) is 0 Å². The van der Waals surface area contributed by atoms with Gasteiger partial charge in [0.1, 0.15) is 10.7 Å². The molecule has 114 valence electrons. The van der Waals surface area contributed by atoms with Gasteiger partial charge in [-0.15, -0.1) is 11.3 Å². The highest BCUT2D eigenvalue weighted by atomic mass is 32.2. The molecule has 8 heteroatoms. The zero-order valence-electron chi connectivity index (χ0n) is 11.5. The van der Waals surface area contributed by atoms with E-state index in [-0.39, 0.29) is 17.2 Å². The van der Waals surface area contributed by atoms with Gasteiger partial charge in [-0.05, 0) is 30.4 Å². The molecule has 0 fully saturated rings. The van der Waals surface area contributed by atoms with Gasteiger partial charge in [0.05, 0.1) is 0 Å². The summed E-state index contributed by atoms with van der Waals surface area (Å²) in [7, 11) is -3.81. The Hall–Kier alpha value is -1.64. The number of nitrogens with one attached hydrogen (secondary N) is 1. The minimum absolute atomic E-state index is 0.0572. The van der Waals surface area contributed by atoms with Crippen molar-refractivity contribution in [1.82, 2.24) is 4.72 Å². The van der Waals surface area contributed by atoms with Gasteiger partial charge in [0, 0.05) is 17.5 Å². The highest BCUT2D eigenvalue weighted by Crippen LogP contribution is 2.22. The summed E-state index contributed by atoms with van der Waals surface area (Å²) in [4.78, 5) is 11.6. The number of carbonyl (C=O) groups is 1. The summed E-state index contributed by atoms with van der Waals surface area (Å²) in [6, 6.07) is 2.98. The number of carboxylic acid groups (broad SMARTS) is 1. The minimum atomic E-state index is -3.81. The van der Waals surface area contributed by atoms with Crippen molar-refractivity contribution in [2.24, 2.45) is 0 Å². The van der Waals surface area contributed by atoms with E-state index in [1.807, 2.05) is 18.4 Å². The molecule has 0 atom stereocenters. The van der Waals surface area contributed by atoms with Crippen molar-refractivity contribution in [2.45, 2.75) is 31.7 Å². The van der Waals surface area contributed by atoms with Gasteiger partial charge in [0.15, 0.2) is 0 Å². The fourth-order valence-corrected chi connectivity index (χ4v) is 4.09. The fourth-order valence-electron chi connectivity index (χ4n) is 1.91. The first-order valence-corrected chi connectivity index (χ1v) is 8.60. The standard InChI is InChI=1S/C13H15NO5S2/c1-3-9-4-5-20-11(9)7-14-21(17,18)12-6-10(13(15)16)19-8(12)2/h4-6,14H,3,7H2,1-2H3,(H,15,16). The minimum Gasteiger partial charge on any atom is -0.475 e. The van der Waals surface area contributed by atoms with Crippen LogP contribution >= 0.6 is 11.3 Å². The van der Waals surface area contributed by atoms with E-state index in [1.54, 1.807) is 0 Å². The van der Waals surface area contributed by atoms with Crippen LogP contribution in [0.4, 0.5) is 0 Å². The molecular weight excluding hydrogens is 314 g/mol. The quantitative estimate of drug-likeness (QED) is 0.848. The van der Waals surface area contributed by atoms with Crippen LogP contribution in [-0.4, -0.2) is 19.5 Å². The number of aryl methyl sites for hydroxylation is 2. The Labute approximate surface area is 126 Å². The predicted octanol–water partition coefficient (Wildman–Crippen LogP) is 2.39. The van der Waals surface area contributed by atoms with E-state index in [4.69, 9.17) is 9.52 Å². The van der Waals surface area contributed by atoms with Gasteiger partial charge >= 0.3 is 5.97 Å². The Bertz CT molecular complexity index is 757. The lowest BCUT2D eigenvalue weighted by Crippen LogP contribution is -2.23. The summed E-state index contributed by atoms with van der Waals surface area (Å²) in [5.41, 5.74) is 1.10. The number of sulfonamides is 1. The smallest absolute Gasteiger partial charge is 0.371 e. The van der Waals surface area contributed by atoms with E-state index in [1.165, 1.54) is 18.3 Å². The molecule has 0 unspecified atom stereocenters. The molecule has 21 heavy (non-hydrogen) atoms. The highest BCUT2D eigenvalue weighted by molar-refractivity contribution is 7.89. The maximum Gasteiger partial charge on any atom is 0.371 e. The Morgan fingerprint density at radius 2 is 2.19 bits per heavy atom. The molecule has 0 spiro atoms. The van der Waals surface area contributed by atoms with Gasteiger partial charge in [0.25, 0.3) is 0 Å². The average Bonchev–Trinajstić information content (AvgIpc) is 3.02. The van der Waals surface area contributed by atoms with E-state index in [0.717, 1.165) is 22.9 Å². The summed E-state index contributed by atoms with van der Waals surface area (Å²) >= 11 is 1.48. The van der Waals surface area contributed by atoms with Gasteiger partial charge in [-0.25, -0.2) is 17.9 Å². The van der Waals surface area contributed by atoms with Gasteiger partial charge in [0.2, 0.25) is 15.8 Å². The highest BCUT2D eigenvalue weighted by Gasteiger charge is 2.23. The molecular formula is C13H15NO5S2. The molecule has 0 aliphatic carbocycles. The van der Waals surface area contributed by atoms with Gasteiger partial charge in [-0.3, -0.25) is 0 Å². The van der Waals surface area contributed by atoms with Crippen LogP contribution in [0.2, 0.25) is 0 Å². The number of thiophene rings is 1. The molecule has 2 heterocycles. The second-order valence-electron chi connectivity index (χ2n) is 4.38. The molecule has 2 aromatic heterocycles. The van der Waals surface area contributed by atoms with Crippen molar-refractivity contribution < 1.29 is 22.7 Å². The maximum atomic E-state index is 12.2. The summed E-state index contributed by atoms with van der Waals surface area (Å²) in [5.74, 6) is -1.63. The SMILES string of the molecule is CCc1ccsc1CNS(=O)(=O)c1cc(C(=O)O)oc1C. The van der Waals surface area contributed by atoms with Crippen LogP contribution in [0.15, 0.2) is 26.8 Å². The van der Waals surface area contributed by atoms with Crippen LogP contribution in [0.5, 0.6) is 0 Å². The predicted molar refractivity (Wildman–Crippen MR) is 78.1 cm³/mol. The van der Waals surface area contributed by atoms with Crippen LogP contribution < -0.4 is 4.72 Å². The first-order chi connectivity index (χ1) is 9.85. The van der Waals surface area contributed by atoms with Crippen LogP contribution in [0.3, 0.4) is 0 Å². The topological polar surface area (TPSA) is 96.6 Å². The van der Waals surface area contributed by atoms with Crippen molar-refractivity contribution in [2.75, 3.05) is 0 Å². The van der Waals surface area contributed by atoms with Gasteiger partial charge < -0.3 is 9.52 Å². The Morgan fingerprint density at radius 3 is 2.76 bits per heavy atom. The van der Waals surface area contributed by atoms with Gasteiger partial charge in [-0.2, -0.15) is 0 Å². The van der Waals surface area contributed by atoms with E-state index >= 15 is 0 Å². The van der Waals surface area contributed by atoms with Crippen LogP contribution in [0.1, 0.15) is 33.7 Å². The summed E-state index contributed by atoms with van der Waals surface area (Å²) < 4.78 is 31.9. The zero-order chi connectivity index (χ0) is 15.6. The Balaban J connectivity index is 2.21. The molecule has 0 saturated carbocycles. The first-order valence-electron chi connectivity index (χ1n) is 6.23. The fraction of sp³-hybridized carbons (Fsp3) is 0.308. The third-order valence-corrected chi connectivity index (χ3v) is 5.49. The lowest BCUT2D eigenvalue weighted by atomic mass is 10.2. The van der Waals surface area contributed by atoms with E-state index in [2.05, 4.69) is 4.72 Å². The normalized spacial score (nSPS) is 11.7. The molecule has 0 saturated heterocycles. The third-order valence-electron chi connectivity index (χ3n) is 3.01. The van der Waals surface area contributed by atoms with Crippen molar-refractivity contribution in [1.29, 1.82) is 0 Å². The van der Waals surface area contributed by atoms with E-state index < -0.39 is 21.8 Å². The van der Waals surface area contributed by atoms with Crippen molar-refractivity contribution >= 4 is 27.3 Å². The summed E-state index contributed by atoms with van der Waals surface area (Å²) in [5, 5.41) is 10.7. The summed E-state index contributed by atoms with van der Waals surface area (Å²) in [6.45, 7) is 3.60. The largest absolute Gasteiger partial charge is 0.475 e. The maximum absolute atomic E-state index is 12.2. The third kappa shape index (κ3) is 3.34. The molecule has 0 radical (unpaired) electrons. The molecule has 0 aliphatic rings. The molecule has 2 aromatic rings. The molecule has 6 nitrogen and oxygen atoms in total. The zero-order valence-corrected chi connectivity index (χ0v) is 13.2. The number of aromatic carboxylic acids is 1. The Morgan fingerprint density at radius 1 is 1.48 bits per heavy atom. The van der Waals surface area contributed by atoms with E-state index in [0.29, 0.717) is 0 Å². The molecule has 0 amide bonds. The first kappa shape index (κ1) is 15.7. The number of hydrogen-bond donors (Lipinski definition) is 2. The molecule has 2 N–H and O–H groups in total. The second-order valence-corrected chi connectivity index (χ2v) is 7.12. The number of rotatable bonds is 6. The number of furan rings is 1. The lowest BCUT2D eigenvalue weighted by molar-refractivity contribution is 0.0661. The second kappa shape index (κ2) is 6.00. The van der Waals surface area contributed by atoms with Crippen molar-refractivity contribution in [3.05, 3.63) is 39.5 Å². The van der Waals surface area contributed by atoms with Gasteiger partial charge in [-0.1, -0.05) is 6.92 Å². The van der Waals surface area contributed by atoms with Crippen LogP contribution in [-0.2, 0) is 23.0 Å². The monoisotopic (exact) mass is 329 g/mol. The number of hydrogen-bond acceptors (Lipinski definition) is 5. The lowest BCUT2D eigenvalue weighted by Gasteiger charge is -2.05. The summed E-state index contributed by atoms with van der Waals surface area (Å²) in [6.07, 6.45) is 0.828. The average molecular weight is 329 g/mol. The molecule has 0 aliphatic heterocycles.